The van der Waals surface area contributed by atoms with Gasteiger partial charge in [0.05, 0.1) is 19.1 Å². The lowest BCUT2D eigenvalue weighted by Crippen LogP contribution is -2.39. The molecule has 0 amide bonds. The smallest absolute Gasteiger partial charge is 0.309 e. The number of fused-ring (bicyclic) bond motifs is 1. The number of aliphatic carboxylic acids is 1. The molecule has 1 saturated heterocycles. The van der Waals surface area contributed by atoms with Gasteiger partial charge in [-0.05, 0) is 25.2 Å². The molecule has 0 aromatic carbocycles. The van der Waals surface area contributed by atoms with Crippen molar-refractivity contribution in [2.24, 2.45) is 17.8 Å². The van der Waals surface area contributed by atoms with Gasteiger partial charge in [-0.15, -0.1) is 0 Å². The van der Waals surface area contributed by atoms with E-state index in [1.807, 2.05) is 0 Å². The van der Waals surface area contributed by atoms with Gasteiger partial charge in [0.25, 0.3) is 0 Å². The fourth-order valence-corrected chi connectivity index (χ4v) is 2.66. The van der Waals surface area contributed by atoms with Gasteiger partial charge < -0.3 is 9.84 Å². The number of hydrogen-bond acceptors (Lipinski definition) is 2. The molecule has 3 unspecified atom stereocenters. The minimum absolute atomic E-state index is 0.285. The first-order chi connectivity index (χ1) is 7.29. The van der Waals surface area contributed by atoms with Crippen LogP contribution in [0, 0.1) is 17.8 Å². The maximum Gasteiger partial charge on any atom is 0.309 e. The van der Waals surface area contributed by atoms with E-state index in [1.165, 1.54) is 6.42 Å². The summed E-state index contributed by atoms with van der Waals surface area (Å²) in [6.07, 6.45) is 8.85. The van der Waals surface area contributed by atoms with Gasteiger partial charge >= 0.3 is 5.97 Å². The minimum atomic E-state index is -0.696. The maximum atomic E-state index is 11.1. The largest absolute Gasteiger partial charge is 0.481 e. The zero-order valence-electron chi connectivity index (χ0n) is 8.89. The zero-order chi connectivity index (χ0) is 10.7. The summed E-state index contributed by atoms with van der Waals surface area (Å²) in [5.41, 5.74) is 0. The second-order valence-electron chi connectivity index (χ2n) is 4.52. The normalized spacial score (nSPS) is 36.4. The highest BCUT2D eigenvalue weighted by Gasteiger charge is 2.36. The predicted octanol–water partition coefficient (Wildman–Crippen LogP) is 2.08. The Morgan fingerprint density at radius 2 is 2.20 bits per heavy atom. The molecule has 1 heterocycles. The van der Waals surface area contributed by atoms with Crippen molar-refractivity contribution < 1.29 is 14.6 Å². The summed E-state index contributed by atoms with van der Waals surface area (Å²) < 4.78 is 5.38. The third-order valence-electron chi connectivity index (χ3n) is 3.53. The van der Waals surface area contributed by atoms with Crippen molar-refractivity contribution >= 4 is 5.97 Å². The predicted molar refractivity (Wildman–Crippen MR) is 56.5 cm³/mol. The zero-order valence-corrected chi connectivity index (χ0v) is 8.89. The van der Waals surface area contributed by atoms with Crippen LogP contribution in [0.4, 0.5) is 0 Å². The van der Waals surface area contributed by atoms with Crippen LogP contribution in [0.15, 0.2) is 12.2 Å². The molecule has 0 aromatic rings. The van der Waals surface area contributed by atoms with Gasteiger partial charge in [0, 0.05) is 5.92 Å². The summed E-state index contributed by atoms with van der Waals surface area (Å²) >= 11 is 0. The van der Waals surface area contributed by atoms with E-state index >= 15 is 0 Å². The lowest BCUT2D eigenvalue weighted by Gasteiger charge is -2.35. The van der Waals surface area contributed by atoms with Crippen molar-refractivity contribution in [3.63, 3.8) is 0 Å². The molecule has 0 saturated carbocycles. The quantitative estimate of drug-likeness (QED) is 0.674. The summed E-state index contributed by atoms with van der Waals surface area (Å²) in [6, 6.07) is 0. The average molecular weight is 210 g/mol. The van der Waals surface area contributed by atoms with E-state index < -0.39 is 5.97 Å². The van der Waals surface area contributed by atoms with Gasteiger partial charge in [0.15, 0.2) is 0 Å². The van der Waals surface area contributed by atoms with E-state index in [0.29, 0.717) is 19.1 Å². The van der Waals surface area contributed by atoms with Gasteiger partial charge in [0.2, 0.25) is 0 Å². The van der Waals surface area contributed by atoms with Gasteiger partial charge in [0.1, 0.15) is 0 Å². The molecule has 1 N–H and O–H groups in total. The maximum absolute atomic E-state index is 11.1. The Labute approximate surface area is 90.1 Å². The topological polar surface area (TPSA) is 46.5 Å². The molecule has 84 valence electrons. The molecule has 3 atom stereocenters. The van der Waals surface area contributed by atoms with Crippen LogP contribution < -0.4 is 0 Å². The van der Waals surface area contributed by atoms with E-state index in [-0.39, 0.29) is 11.8 Å². The second-order valence-corrected chi connectivity index (χ2v) is 4.52. The van der Waals surface area contributed by atoms with Crippen molar-refractivity contribution in [1.29, 1.82) is 0 Å². The van der Waals surface area contributed by atoms with Crippen LogP contribution in [0.5, 0.6) is 0 Å². The molecule has 1 aliphatic heterocycles. The Bertz CT molecular complexity index is 260. The molecular formula is C12H18O3. The fourth-order valence-electron chi connectivity index (χ4n) is 2.66. The minimum Gasteiger partial charge on any atom is -0.481 e. The van der Waals surface area contributed by atoms with Gasteiger partial charge in [-0.3, -0.25) is 4.79 Å². The highest BCUT2D eigenvalue weighted by atomic mass is 16.5. The van der Waals surface area contributed by atoms with Gasteiger partial charge in [-0.25, -0.2) is 0 Å². The first kappa shape index (κ1) is 10.7. The van der Waals surface area contributed by atoms with E-state index in [4.69, 9.17) is 9.84 Å². The first-order valence-corrected chi connectivity index (χ1v) is 5.76. The lowest BCUT2D eigenvalue weighted by atomic mass is 9.76. The molecule has 2 rings (SSSR count). The molecule has 1 fully saturated rings. The Kier molecular flexibility index (Phi) is 3.41. The molecule has 15 heavy (non-hydrogen) atoms. The van der Waals surface area contributed by atoms with E-state index in [1.54, 1.807) is 0 Å². The Morgan fingerprint density at radius 3 is 3.00 bits per heavy atom. The number of carbonyl (C=O) groups is 1. The summed E-state index contributed by atoms with van der Waals surface area (Å²) in [7, 11) is 0. The highest BCUT2D eigenvalue weighted by molar-refractivity contribution is 5.70. The number of rotatable bonds is 1. The first-order valence-electron chi connectivity index (χ1n) is 5.76. The number of carboxylic acids is 1. The van der Waals surface area contributed by atoms with Crippen molar-refractivity contribution in [2.45, 2.75) is 25.7 Å². The van der Waals surface area contributed by atoms with E-state index in [0.717, 1.165) is 19.3 Å². The lowest BCUT2D eigenvalue weighted by molar-refractivity contribution is -0.151. The average Bonchev–Trinajstić information content (AvgIpc) is 2.17. The molecule has 0 radical (unpaired) electrons. The molecule has 2 aliphatic rings. The Balaban J connectivity index is 2.13. The molecule has 0 aromatic heterocycles. The number of allylic oxidation sites excluding steroid dienone is 1. The van der Waals surface area contributed by atoms with Gasteiger partial charge in [-0.2, -0.15) is 0 Å². The molecule has 0 bridgehead atoms. The number of hydrogen-bond donors (Lipinski definition) is 1. The van der Waals surface area contributed by atoms with Crippen molar-refractivity contribution in [2.75, 3.05) is 13.2 Å². The third kappa shape index (κ3) is 2.40. The van der Waals surface area contributed by atoms with Crippen LogP contribution in [-0.4, -0.2) is 24.3 Å². The molecular weight excluding hydrogens is 192 g/mol. The van der Waals surface area contributed by atoms with Crippen molar-refractivity contribution in [3.8, 4) is 0 Å². The molecule has 0 spiro atoms. The van der Waals surface area contributed by atoms with Crippen LogP contribution in [-0.2, 0) is 9.53 Å². The fraction of sp³-hybridized carbons (Fsp3) is 0.750. The van der Waals surface area contributed by atoms with Gasteiger partial charge in [-0.1, -0.05) is 18.6 Å². The molecule has 1 aliphatic carbocycles. The number of carboxylic acid groups (broad SMARTS) is 1. The summed E-state index contributed by atoms with van der Waals surface area (Å²) in [5, 5.41) is 9.14. The third-order valence-corrected chi connectivity index (χ3v) is 3.53. The van der Waals surface area contributed by atoms with Crippen LogP contribution in [0.1, 0.15) is 25.7 Å². The second kappa shape index (κ2) is 4.79. The highest BCUT2D eigenvalue weighted by Crippen LogP contribution is 2.34. The SMILES string of the molecule is O=C(O)C1COCC2C=CCCCCC21. The van der Waals surface area contributed by atoms with Crippen LogP contribution in [0.25, 0.3) is 0 Å². The standard InChI is InChI=1S/C12H18O3/c13-12(14)11-8-15-7-9-5-3-1-2-4-6-10(9)11/h3,5,9-11H,1-2,4,6-8H2,(H,13,14). The summed E-state index contributed by atoms with van der Waals surface area (Å²) in [4.78, 5) is 11.1. The Morgan fingerprint density at radius 1 is 1.33 bits per heavy atom. The van der Waals surface area contributed by atoms with E-state index in [9.17, 15) is 4.79 Å². The Hall–Kier alpha value is -0.830. The van der Waals surface area contributed by atoms with Crippen LogP contribution >= 0.6 is 0 Å². The molecule has 3 heteroatoms. The number of ether oxygens (including phenoxy) is 1. The summed E-state index contributed by atoms with van der Waals surface area (Å²) in [6.45, 7) is 1.09. The molecule has 3 nitrogen and oxygen atoms in total. The van der Waals surface area contributed by atoms with Crippen molar-refractivity contribution in [3.05, 3.63) is 12.2 Å². The monoisotopic (exact) mass is 210 g/mol. The van der Waals surface area contributed by atoms with Crippen molar-refractivity contribution in [1.82, 2.24) is 0 Å². The van der Waals surface area contributed by atoms with E-state index in [2.05, 4.69) is 12.2 Å². The van der Waals surface area contributed by atoms with Crippen LogP contribution in [0.3, 0.4) is 0 Å². The van der Waals surface area contributed by atoms with Crippen LogP contribution in [0.2, 0.25) is 0 Å². The summed E-state index contributed by atoms with van der Waals surface area (Å²) in [5.74, 6) is -0.391.